The number of halogens is 2. The summed E-state index contributed by atoms with van der Waals surface area (Å²) in [6.07, 6.45) is 31.9. The van der Waals surface area contributed by atoms with Crippen LogP contribution in [0.4, 0.5) is 0 Å². The molecule has 0 aromatic carbocycles. The average molecular weight is 737 g/mol. The molecule has 0 bridgehead atoms. The smallest absolute Gasteiger partial charge is 0.0665 e. The van der Waals surface area contributed by atoms with Gasteiger partial charge in [-0.3, -0.25) is 0 Å². The molecule has 0 spiro atoms. The van der Waals surface area contributed by atoms with Crippen molar-refractivity contribution >= 4 is 48.0 Å². The Hall–Kier alpha value is 1.38. The van der Waals surface area contributed by atoms with Crippen molar-refractivity contribution in [2.45, 2.75) is 195 Å². The molecule has 0 aliphatic carbocycles. The molecule has 0 aromatic heterocycles. The summed E-state index contributed by atoms with van der Waals surface area (Å²) in [7, 11) is 0. The van der Waals surface area contributed by atoms with Crippen LogP contribution >= 0.6 is 48.0 Å². The molecule has 0 rings (SSSR count). The third-order valence-corrected chi connectivity index (χ3v) is 9.27. The second kappa shape index (κ2) is 25.4. The highest BCUT2D eigenvalue weighted by molar-refractivity contribution is 14.0. The van der Waals surface area contributed by atoms with Crippen LogP contribution in [0.2, 0.25) is 0 Å². The molecule has 0 heterocycles. The zero-order chi connectivity index (χ0) is 25.8. The van der Waals surface area contributed by atoms with Gasteiger partial charge >= 0.3 is 0 Å². The first-order valence-corrected chi connectivity index (χ1v) is 15.7. The largest absolute Gasteiger partial charge is 0.313 e. The van der Waals surface area contributed by atoms with E-state index in [1.807, 2.05) is 6.92 Å². The van der Waals surface area contributed by atoms with Crippen molar-refractivity contribution < 1.29 is 0 Å². The van der Waals surface area contributed by atoms with E-state index in [1.54, 1.807) is 0 Å². The minimum atomic E-state index is -0.641. The van der Waals surface area contributed by atoms with E-state index in [0.29, 0.717) is 0 Å². The zero-order valence-electron chi connectivity index (χ0n) is 25.7. The molecule has 2 nitrogen and oxygen atoms in total. The predicted octanol–water partition coefficient (Wildman–Crippen LogP) is 11.9. The molecule has 0 aromatic rings. The topological polar surface area (TPSA) is 52.0 Å². The van der Waals surface area contributed by atoms with Crippen LogP contribution in [0.3, 0.4) is 0 Å². The van der Waals surface area contributed by atoms with Crippen LogP contribution in [0.5, 0.6) is 0 Å². The lowest BCUT2D eigenvalue weighted by Gasteiger charge is -2.52. The molecule has 0 amide bonds. The Kier molecular flexibility index (Phi) is 29.5. The fraction of sp³-hybridized carbons (Fsp3) is 1.00. The zero-order valence-corrected chi connectivity index (χ0v) is 30.4. The van der Waals surface area contributed by atoms with Crippen LogP contribution in [-0.4, -0.2) is 5.66 Å². The summed E-state index contributed by atoms with van der Waals surface area (Å²) in [5.74, 6) is 0. The fourth-order valence-corrected chi connectivity index (χ4v) is 5.58. The van der Waals surface area contributed by atoms with Crippen molar-refractivity contribution in [2.75, 3.05) is 0 Å². The van der Waals surface area contributed by atoms with Crippen molar-refractivity contribution in [3.63, 3.8) is 0 Å². The van der Waals surface area contributed by atoms with Gasteiger partial charge in [0.05, 0.1) is 5.66 Å². The van der Waals surface area contributed by atoms with Crippen LogP contribution < -0.4 is 11.5 Å². The molecule has 0 fully saturated rings. The minimum Gasteiger partial charge on any atom is -0.313 e. The minimum absolute atomic E-state index is 0. The second-order valence-corrected chi connectivity index (χ2v) is 12.7. The summed E-state index contributed by atoms with van der Waals surface area (Å²) >= 11 is 0. The molecule has 0 saturated carbocycles. The van der Waals surface area contributed by atoms with Gasteiger partial charge in [-0.25, -0.2) is 0 Å². The SMILES string of the molecule is CCCCCCCCCCCCCC(C)(CCCCCCCCCCCC)C(C)(C)C(C)(N)N.I.I. The first kappa shape index (κ1) is 41.9. The summed E-state index contributed by atoms with van der Waals surface area (Å²) in [5.41, 5.74) is 12.6. The number of unbranched alkanes of at least 4 members (excludes halogenated alkanes) is 19. The normalized spacial score (nSPS) is 13.7. The van der Waals surface area contributed by atoms with Crippen LogP contribution in [0.25, 0.3) is 0 Å². The van der Waals surface area contributed by atoms with E-state index in [-0.39, 0.29) is 58.8 Å². The summed E-state index contributed by atoms with van der Waals surface area (Å²) < 4.78 is 0. The number of rotatable bonds is 25. The molecule has 0 saturated heterocycles. The van der Waals surface area contributed by atoms with Gasteiger partial charge < -0.3 is 11.5 Å². The molecule has 0 aliphatic rings. The van der Waals surface area contributed by atoms with Gasteiger partial charge in [-0.15, -0.1) is 48.0 Å². The van der Waals surface area contributed by atoms with Gasteiger partial charge in [0, 0.05) is 5.41 Å². The van der Waals surface area contributed by atoms with E-state index >= 15 is 0 Å². The van der Waals surface area contributed by atoms with Crippen LogP contribution in [-0.2, 0) is 0 Å². The van der Waals surface area contributed by atoms with Crippen molar-refractivity contribution in [2.24, 2.45) is 22.3 Å². The van der Waals surface area contributed by atoms with Gasteiger partial charge in [-0.05, 0) is 25.2 Å². The van der Waals surface area contributed by atoms with Crippen LogP contribution in [0.15, 0.2) is 0 Å². The molecule has 1 unspecified atom stereocenters. The molecular weight excluding hydrogens is 666 g/mol. The van der Waals surface area contributed by atoms with Gasteiger partial charge in [0.25, 0.3) is 0 Å². The molecule has 222 valence electrons. The van der Waals surface area contributed by atoms with E-state index in [2.05, 4.69) is 34.6 Å². The summed E-state index contributed by atoms with van der Waals surface area (Å²) in [4.78, 5) is 0. The monoisotopic (exact) mass is 736 g/mol. The maximum Gasteiger partial charge on any atom is 0.0665 e. The van der Waals surface area contributed by atoms with Gasteiger partial charge in [0.2, 0.25) is 0 Å². The highest BCUT2D eigenvalue weighted by Crippen LogP contribution is 2.50. The van der Waals surface area contributed by atoms with E-state index in [4.69, 9.17) is 11.5 Å². The Bertz CT molecular complexity index is 448. The number of nitrogens with two attached hydrogens (primary N) is 2. The maximum atomic E-state index is 6.53. The van der Waals surface area contributed by atoms with Gasteiger partial charge in [0.1, 0.15) is 0 Å². The third-order valence-electron chi connectivity index (χ3n) is 9.27. The van der Waals surface area contributed by atoms with Gasteiger partial charge in [0.15, 0.2) is 0 Å². The molecule has 1 atom stereocenters. The lowest BCUT2D eigenvalue weighted by molar-refractivity contribution is -0.00454. The predicted molar refractivity (Wildman–Crippen MR) is 187 cm³/mol. The standard InChI is InChI=1S/C32H68N2.2HI/c1-7-9-11-13-15-17-19-21-23-25-27-29-31(5,30(3,4)32(6,33)34)28-26-24-22-20-18-16-14-12-10-8-2;;/h7-29,33-34H2,1-6H3;2*1H. The van der Waals surface area contributed by atoms with Gasteiger partial charge in [-0.2, -0.15) is 0 Å². The molecule has 0 aliphatic heterocycles. The van der Waals surface area contributed by atoms with E-state index in [1.165, 1.54) is 148 Å². The highest BCUT2D eigenvalue weighted by atomic mass is 127. The molecule has 0 radical (unpaired) electrons. The van der Waals surface area contributed by atoms with E-state index < -0.39 is 5.66 Å². The summed E-state index contributed by atoms with van der Waals surface area (Å²) in [6.45, 7) is 13.7. The fourth-order valence-electron chi connectivity index (χ4n) is 5.58. The Labute approximate surface area is 263 Å². The van der Waals surface area contributed by atoms with Crippen molar-refractivity contribution in [1.82, 2.24) is 0 Å². The lowest BCUT2D eigenvalue weighted by atomic mass is 9.57. The lowest BCUT2D eigenvalue weighted by Crippen LogP contribution is -2.63. The highest BCUT2D eigenvalue weighted by Gasteiger charge is 2.48. The summed E-state index contributed by atoms with van der Waals surface area (Å²) in [5, 5.41) is 0. The second-order valence-electron chi connectivity index (χ2n) is 12.7. The average Bonchev–Trinajstić information content (AvgIpc) is 2.78. The molecule has 4 heteroatoms. The third kappa shape index (κ3) is 19.4. The molecule has 4 N–H and O–H groups in total. The van der Waals surface area contributed by atoms with Crippen molar-refractivity contribution in [3.8, 4) is 0 Å². The Balaban J connectivity index is -0.00000544. The Morgan fingerprint density at radius 2 is 0.611 bits per heavy atom. The quantitative estimate of drug-likeness (QED) is 0.0557. The number of hydrogen-bond donors (Lipinski definition) is 2. The van der Waals surface area contributed by atoms with Crippen molar-refractivity contribution in [1.29, 1.82) is 0 Å². The number of hydrogen-bond acceptors (Lipinski definition) is 2. The van der Waals surface area contributed by atoms with Gasteiger partial charge in [-0.1, -0.05) is 169 Å². The Morgan fingerprint density at radius 1 is 0.389 bits per heavy atom. The summed E-state index contributed by atoms with van der Waals surface area (Å²) in [6, 6.07) is 0. The van der Waals surface area contributed by atoms with E-state index in [0.717, 1.165) is 0 Å². The first-order valence-electron chi connectivity index (χ1n) is 15.7. The Morgan fingerprint density at radius 3 is 0.833 bits per heavy atom. The van der Waals surface area contributed by atoms with Crippen LogP contribution in [0, 0.1) is 10.8 Å². The van der Waals surface area contributed by atoms with Crippen molar-refractivity contribution in [3.05, 3.63) is 0 Å². The van der Waals surface area contributed by atoms with Crippen LogP contribution in [0.1, 0.15) is 189 Å². The van der Waals surface area contributed by atoms with E-state index in [9.17, 15) is 0 Å². The molecule has 36 heavy (non-hydrogen) atoms. The first-order chi connectivity index (χ1) is 16.1. The maximum absolute atomic E-state index is 6.53. The molecular formula is C32H70I2N2.